The van der Waals surface area contributed by atoms with E-state index in [2.05, 4.69) is 15.9 Å². The first-order valence-electron chi connectivity index (χ1n) is 5.26. The summed E-state index contributed by atoms with van der Waals surface area (Å²) in [4.78, 5) is 20.7. The van der Waals surface area contributed by atoms with E-state index in [0.29, 0.717) is 5.56 Å². The summed E-state index contributed by atoms with van der Waals surface area (Å²) >= 11 is 3.30. The van der Waals surface area contributed by atoms with Crippen LogP contribution in [-0.2, 0) is 0 Å². The number of hydrogen-bond donors (Lipinski definition) is 3. The average molecular weight is 309 g/mol. The van der Waals surface area contributed by atoms with Gasteiger partial charge in [-0.2, -0.15) is 0 Å². The molecule has 3 nitrogen and oxygen atoms in total. The SMILES string of the molecule is CCP(O)(O)(CC)C(O)c1cccc(Br)c1. The molecule has 0 heterocycles. The molecule has 0 aliphatic carbocycles. The Morgan fingerprint density at radius 3 is 2.25 bits per heavy atom. The van der Waals surface area contributed by atoms with Crippen molar-refractivity contribution in [3.8, 4) is 0 Å². The average Bonchev–Trinajstić information content (AvgIpc) is 2.28. The Hall–Kier alpha value is 0.0100. The molecule has 1 rings (SSSR count). The second-order valence-corrected chi connectivity index (χ2v) is 9.66. The zero-order chi connectivity index (χ0) is 12.4. The molecule has 3 N–H and O–H groups in total. The number of hydrogen-bond acceptors (Lipinski definition) is 3. The van der Waals surface area contributed by atoms with E-state index in [4.69, 9.17) is 0 Å². The first-order valence-corrected chi connectivity index (χ1v) is 8.64. The van der Waals surface area contributed by atoms with Crippen LogP contribution in [0.4, 0.5) is 0 Å². The minimum absolute atomic E-state index is 0.190. The van der Waals surface area contributed by atoms with Crippen LogP contribution in [0.25, 0.3) is 0 Å². The molecule has 0 saturated carbocycles. The quantitative estimate of drug-likeness (QED) is 0.750. The molecule has 0 saturated heterocycles. The van der Waals surface area contributed by atoms with Crippen LogP contribution in [0.5, 0.6) is 0 Å². The predicted octanol–water partition coefficient (Wildman–Crippen LogP) is 2.85. The third-order valence-electron chi connectivity index (χ3n) is 3.09. The van der Waals surface area contributed by atoms with Crippen LogP contribution in [0.3, 0.4) is 0 Å². The van der Waals surface area contributed by atoms with Crippen LogP contribution < -0.4 is 0 Å². The fraction of sp³-hybridized carbons (Fsp3) is 0.455. The molecule has 1 atom stereocenters. The number of aliphatic hydroxyl groups is 1. The van der Waals surface area contributed by atoms with E-state index in [9.17, 15) is 14.9 Å². The summed E-state index contributed by atoms with van der Waals surface area (Å²) < 4.78 is 0.815. The molecule has 1 aromatic carbocycles. The van der Waals surface area contributed by atoms with Crippen molar-refractivity contribution < 1.29 is 14.9 Å². The van der Waals surface area contributed by atoms with Gasteiger partial charge in [0.15, 0.2) is 0 Å². The molecule has 0 radical (unpaired) electrons. The Bertz CT molecular complexity index is 373. The Kier molecular flexibility index (Phi) is 4.14. The van der Waals surface area contributed by atoms with Crippen LogP contribution >= 0.6 is 23.0 Å². The van der Waals surface area contributed by atoms with E-state index in [-0.39, 0.29) is 12.3 Å². The zero-order valence-corrected chi connectivity index (χ0v) is 11.9. The predicted molar refractivity (Wildman–Crippen MR) is 71.5 cm³/mol. The van der Waals surface area contributed by atoms with Gasteiger partial charge in [0, 0.05) is 0 Å². The van der Waals surface area contributed by atoms with E-state index in [1.807, 2.05) is 6.07 Å². The molecular weight excluding hydrogens is 291 g/mol. The van der Waals surface area contributed by atoms with Crippen molar-refractivity contribution >= 4 is 23.0 Å². The van der Waals surface area contributed by atoms with Crippen molar-refractivity contribution in [2.24, 2.45) is 0 Å². The molecule has 1 aromatic rings. The van der Waals surface area contributed by atoms with Crippen molar-refractivity contribution in [1.82, 2.24) is 0 Å². The van der Waals surface area contributed by atoms with Crippen LogP contribution in [0.2, 0.25) is 0 Å². The molecule has 0 amide bonds. The second kappa shape index (κ2) is 4.71. The molecule has 92 valence electrons. The summed E-state index contributed by atoms with van der Waals surface area (Å²) in [6.45, 7) is 3.39. The second-order valence-electron chi connectivity index (χ2n) is 4.04. The topological polar surface area (TPSA) is 60.7 Å². The summed E-state index contributed by atoms with van der Waals surface area (Å²) in [5.41, 5.74) is 0.542. The number of rotatable bonds is 4. The summed E-state index contributed by atoms with van der Waals surface area (Å²) in [6.07, 6.45) is 0.381. The van der Waals surface area contributed by atoms with E-state index in [0.717, 1.165) is 4.47 Å². The van der Waals surface area contributed by atoms with Gasteiger partial charge < -0.3 is 0 Å². The van der Waals surface area contributed by atoms with Crippen molar-refractivity contribution in [1.29, 1.82) is 0 Å². The fourth-order valence-corrected chi connectivity index (χ4v) is 3.99. The summed E-state index contributed by atoms with van der Waals surface area (Å²) in [5, 5.41) is 10.2. The number of benzene rings is 1. The maximum absolute atomic E-state index is 10.3. The van der Waals surface area contributed by atoms with E-state index in [1.54, 1.807) is 32.0 Å². The zero-order valence-electron chi connectivity index (χ0n) is 9.47. The Morgan fingerprint density at radius 1 is 1.25 bits per heavy atom. The molecule has 0 aliphatic heterocycles. The molecule has 0 aromatic heterocycles. The van der Waals surface area contributed by atoms with Gasteiger partial charge in [0.25, 0.3) is 0 Å². The summed E-state index contributed by atoms with van der Waals surface area (Å²) in [5.74, 6) is -1.20. The van der Waals surface area contributed by atoms with Gasteiger partial charge in [0.05, 0.1) is 0 Å². The van der Waals surface area contributed by atoms with Gasteiger partial charge in [0.1, 0.15) is 0 Å². The Morgan fingerprint density at radius 2 is 1.81 bits per heavy atom. The number of aliphatic hydroxyl groups excluding tert-OH is 1. The molecule has 16 heavy (non-hydrogen) atoms. The van der Waals surface area contributed by atoms with Crippen LogP contribution in [0, 0.1) is 0 Å². The van der Waals surface area contributed by atoms with E-state index < -0.39 is 12.9 Å². The summed E-state index contributed by atoms with van der Waals surface area (Å²) in [7, 11) is -4.00. The van der Waals surface area contributed by atoms with Gasteiger partial charge in [-0.05, 0) is 0 Å². The van der Waals surface area contributed by atoms with Gasteiger partial charge in [0.2, 0.25) is 0 Å². The molecule has 1 unspecified atom stereocenters. The van der Waals surface area contributed by atoms with Crippen LogP contribution in [0.1, 0.15) is 25.3 Å². The minimum atomic E-state index is -4.00. The summed E-state index contributed by atoms with van der Waals surface area (Å²) in [6, 6.07) is 7.01. The van der Waals surface area contributed by atoms with Crippen molar-refractivity contribution in [2.75, 3.05) is 12.3 Å². The van der Waals surface area contributed by atoms with Crippen LogP contribution in [-0.4, -0.2) is 27.2 Å². The van der Waals surface area contributed by atoms with E-state index in [1.165, 1.54) is 0 Å². The van der Waals surface area contributed by atoms with Gasteiger partial charge in [-0.1, -0.05) is 0 Å². The molecular formula is C11H18BrO3P. The molecule has 5 heteroatoms. The Labute approximate surface area is 104 Å². The van der Waals surface area contributed by atoms with Gasteiger partial charge >= 0.3 is 104 Å². The monoisotopic (exact) mass is 308 g/mol. The molecule has 0 spiro atoms. The normalized spacial score (nSPS) is 16.5. The first-order chi connectivity index (χ1) is 7.32. The fourth-order valence-electron chi connectivity index (χ4n) is 1.58. The molecule has 0 bridgehead atoms. The number of halogens is 1. The first kappa shape index (κ1) is 14.1. The maximum atomic E-state index is 10.3. The van der Waals surface area contributed by atoms with E-state index >= 15 is 0 Å². The molecule has 0 fully saturated rings. The van der Waals surface area contributed by atoms with Gasteiger partial charge in [-0.25, -0.2) is 0 Å². The third-order valence-corrected chi connectivity index (χ3v) is 7.77. The molecule has 0 aliphatic rings. The van der Waals surface area contributed by atoms with Crippen molar-refractivity contribution in [3.05, 3.63) is 34.3 Å². The Balaban J connectivity index is 3.15. The van der Waals surface area contributed by atoms with Crippen LogP contribution in [0.15, 0.2) is 28.7 Å². The van der Waals surface area contributed by atoms with Crippen molar-refractivity contribution in [2.45, 2.75) is 19.7 Å². The van der Waals surface area contributed by atoms with Gasteiger partial charge in [-0.3, -0.25) is 0 Å². The third kappa shape index (κ3) is 2.63. The van der Waals surface area contributed by atoms with Crippen molar-refractivity contribution in [3.63, 3.8) is 0 Å². The standard InChI is InChI=1S/C11H18BrO3P/c1-3-16(14,15,4-2)11(13)9-6-5-7-10(12)8-9/h5-8,11,13-15H,3-4H2,1-2H3. The van der Waals surface area contributed by atoms with Gasteiger partial charge in [-0.15, -0.1) is 0 Å².